The van der Waals surface area contributed by atoms with Crippen LogP contribution in [0.15, 0.2) is 30.6 Å². The first-order valence-electron chi connectivity index (χ1n) is 6.64. The Morgan fingerprint density at radius 3 is 3.05 bits per heavy atom. The van der Waals surface area contributed by atoms with Crippen molar-refractivity contribution in [3.8, 4) is 6.07 Å². The first-order chi connectivity index (χ1) is 10.7. The van der Waals surface area contributed by atoms with Crippen LogP contribution < -0.4 is 0 Å². The minimum absolute atomic E-state index is 0.0137. The topological polar surface area (TPSA) is 74.8 Å². The lowest BCUT2D eigenvalue weighted by molar-refractivity contribution is -0.132. The van der Waals surface area contributed by atoms with E-state index < -0.39 is 0 Å². The van der Waals surface area contributed by atoms with Gasteiger partial charge in [-0.2, -0.15) is 5.26 Å². The third kappa shape index (κ3) is 2.80. The van der Waals surface area contributed by atoms with Crippen molar-refractivity contribution in [3.05, 3.63) is 47.8 Å². The summed E-state index contributed by atoms with van der Waals surface area (Å²) in [5.41, 5.74) is 0.509. The van der Waals surface area contributed by atoms with Gasteiger partial charge in [-0.15, -0.1) is 16.9 Å². The second-order valence-electron chi connectivity index (χ2n) is 4.71. The van der Waals surface area contributed by atoms with Crippen LogP contribution in [-0.4, -0.2) is 37.9 Å². The molecule has 1 aromatic carbocycles. The van der Waals surface area contributed by atoms with Gasteiger partial charge in [0.1, 0.15) is 30.1 Å². The Balaban J connectivity index is 1.77. The number of benzene rings is 1. The Hall–Kier alpha value is -2.40. The first-order valence-corrected chi connectivity index (χ1v) is 7.69. The van der Waals surface area contributed by atoms with Crippen LogP contribution in [0.5, 0.6) is 0 Å². The molecule has 0 radical (unpaired) electrons. The zero-order valence-electron chi connectivity index (χ0n) is 11.5. The minimum atomic E-state index is -0.326. The van der Waals surface area contributed by atoms with Crippen LogP contribution >= 0.6 is 11.8 Å². The number of hydrogen-bond acceptors (Lipinski definition) is 5. The molecule has 0 aliphatic carbocycles. The van der Waals surface area contributed by atoms with E-state index in [1.54, 1.807) is 23.1 Å². The fraction of sp³-hybridized carbons (Fsp3) is 0.286. The molecule has 1 fully saturated rings. The zero-order valence-corrected chi connectivity index (χ0v) is 12.3. The normalized spacial score (nSPS) is 17.5. The van der Waals surface area contributed by atoms with Gasteiger partial charge in [-0.25, -0.2) is 14.1 Å². The van der Waals surface area contributed by atoms with E-state index >= 15 is 0 Å². The average molecular weight is 317 g/mol. The highest BCUT2D eigenvalue weighted by Crippen LogP contribution is 2.38. The third-order valence-corrected chi connectivity index (χ3v) is 4.56. The highest BCUT2D eigenvalue weighted by Gasteiger charge is 2.32. The average Bonchev–Trinajstić information content (AvgIpc) is 3.16. The lowest BCUT2D eigenvalue weighted by Gasteiger charge is -2.24. The fourth-order valence-corrected chi connectivity index (χ4v) is 3.61. The van der Waals surface area contributed by atoms with E-state index in [0.29, 0.717) is 12.1 Å². The van der Waals surface area contributed by atoms with Crippen molar-refractivity contribution in [2.45, 2.75) is 11.9 Å². The van der Waals surface area contributed by atoms with Crippen molar-refractivity contribution < 1.29 is 9.18 Å². The number of amides is 1. The molecule has 112 valence electrons. The number of nitrogens with zero attached hydrogens (tertiary/aromatic N) is 5. The Morgan fingerprint density at radius 1 is 1.50 bits per heavy atom. The molecular weight excluding hydrogens is 305 g/mol. The van der Waals surface area contributed by atoms with E-state index in [-0.39, 0.29) is 29.5 Å². The summed E-state index contributed by atoms with van der Waals surface area (Å²) in [6.45, 7) is 0.544. The predicted molar refractivity (Wildman–Crippen MR) is 78.0 cm³/mol. The predicted octanol–water partition coefficient (Wildman–Crippen LogP) is 1.56. The summed E-state index contributed by atoms with van der Waals surface area (Å²) in [6, 6.07) is 8.29. The van der Waals surface area contributed by atoms with Gasteiger partial charge in [-0.3, -0.25) is 4.79 Å². The maximum absolute atomic E-state index is 13.9. The van der Waals surface area contributed by atoms with Gasteiger partial charge in [0.15, 0.2) is 0 Å². The smallest absolute Gasteiger partial charge is 0.252 e. The molecule has 0 unspecified atom stereocenters. The molecule has 0 saturated carbocycles. The minimum Gasteiger partial charge on any atom is -0.324 e. The molecule has 3 rings (SSSR count). The Bertz CT molecular complexity index is 741. The molecule has 0 spiro atoms. The summed E-state index contributed by atoms with van der Waals surface area (Å²) in [7, 11) is 0. The zero-order chi connectivity index (χ0) is 15.5. The number of aromatic nitrogens is 3. The molecule has 2 aromatic rings. The molecule has 1 aliphatic heterocycles. The molecule has 22 heavy (non-hydrogen) atoms. The standard InChI is InChI=1S/C14H12FN5OS/c15-11-4-2-1-3-10(11)14-20(5-6-22-14)13(21)8-19-9-17-12(7-16)18-19/h1-4,9,14H,5-6,8H2/t14-/m0/s1. The monoisotopic (exact) mass is 317 g/mol. The van der Waals surface area contributed by atoms with E-state index in [1.807, 2.05) is 6.07 Å². The number of thioether (sulfide) groups is 1. The molecule has 1 amide bonds. The second-order valence-corrected chi connectivity index (χ2v) is 5.90. The first kappa shape index (κ1) is 14.5. The van der Waals surface area contributed by atoms with Crippen molar-refractivity contribution in [2.75, 3.05) is 12.3 Å². The van der Waals surface area contributed by atoms with Crippen molar-refractivity contribution in [3.63, 3.8) is 0 Å². The molecule has 6 nitrogen and oxygen atoms in total. The third-order valence-electron chi connectivity index (χ3n) is 3.32. The van der Waals surface area contributed by atoms with E-state index in [2.05, 4.69) is 10.1 Å². The van der Waals surface area contributed by atoms with E-state index in [9.17, 15) is 9.18 Å². The summed E-state index contributed by atoms with van der Waals surface area (Å²) in [5.74, 6) is 0.292. The van der Waals surface area contributed by atoms with Gasteiger partial charge >= 0.3 is 0 Å². The lowest BCUT2D eigenvalue weighted by Crippen LogP contribution is -2.33. The van der Waals surface area contributed by atoms with Gasteiger partial charge in [0.2, 0.25) is 5.91 Å². The summed E-state index contributed by atoms with van der Waals surface area (Å²) in [6.07, 6.45) is 1.35. The summed E-state index contributed by atoms with van der Waals surface area (Å²) in [4.78, 5) is 17.8. The van der Waals surface area contributed by atoms with E-state index in [4.69, 9.17) is 5.26 Å². The molecule has 1 aliphatic rings. The van der Waals surface area contributed by atoms with E-state index in [1.165, 1.54) is 28.8 Å². The van der Waals surface area contributed by atoms with Crippen LogP contribution in [-0.2, 0) is 11.3 Å². The summed E-state index contributed by atoms with van der Waals surface area (Å²) >= 11 is 1.53. The SMILES string of the molecule is N#Cc1ncn(CC(=O)N2CCS[C@H]2c2ccccc2F)n1. The van der Waals surface area contributed by atoms with Crippen LogP contribution in [0.25, 0.3) is 0 Å². The Morgan fingerprint density at radius 2 is 2.32 bits per heavy atom. The maximum atomic E-state index is 13.9. The molecule has 2 heterocycles. The van der Waals surface area contributed by atoms with Crippen LogP contribution in [0.2, 0.25) is 0 Å². The molecular formula is C14H12FN5OS. The molecule has 0 N–H and O–H groups in total. The van der Waals surface area contributed by atoms with Gasteiger partial charge in [0, 0.05) is 17.9 Å². The second kappa shape index (κ2) is 6.15. The van der Waals surface area contributed by atoms with Gasteiger partial charge in [0.25, 0.3) is 5.82 Å². The number of carbonyl (C=O) groups is 1. The van der Waals surface area contributed by atoms with Crippen molar-refractivity contribution in [1.82, 2.24) is 19.7 Å². The molecule has 0 bridgehead atoms. The fourth-order valence-electron chi connectivity index (χ4n) is 2.31. The van der Waals surface area contributed by atoms with Crippen LogP contribution in [0, 0.1) is 17.1 Å². The van der Waals surface area contributed by atoms with Crippen LogP contribution in [0.3, 0.4) is 0 Å². The largest absolute Gasteiger partial charge is 0.324 e. The molecule has 1 aromatic heterocycles. The Kier molecular flexibility index (Phi) is 4.06. The highest BCUT2D eigenvalue weighted by atomic mass is 32.2. The number of rotatable bonds is 3. The number of carbonyl (C=O) groups excluding carboxylic acids is 1. The maximum Gasteiger partial charge on any atom is 0.252 e. The van der Waals surface area contributed by atoms with Crippen molar-refractivity contribution >= 4 is 17.7 Å². The van der Waals surface area contributed by atoms with E-state index in [0.717, 1.165) is 5.75 Å². The Labute approximate surface area is 130 Å². The lowest BCUT2D eigenvalue weighted by atomic mass is 10.2. The van der Waals surface area contributed by atoms with Gasteiger partial charge in [-0.1, -0.05) is 18.2 Å². The molecule has 1 atom stereocenters. The molecule has 8 heteroatoms. The quantitative estimate of drug-likeness (QED) is 0.859. The number of nitriles is 1. The van der Waals surface area contributed by atoms with Crippen LogP contribution in [0.4, 0.5) is 4.39 Å². The van der Waals surface area contributed by atoms with Gasteiger partial charge < -0.3 is 4.90 Å². The number of halogens is 1. The van der Waals surface area contributed by atoms with Crippen molar-refractivity contribution in [1.29, 1.82) is 5.26 Å². The number of hydrogen-bond donors (Lipinski definition) is 0. The molecule has 1 saturated heterocycles. The highest BCUT2D eigenvalue weighted by molar-refractivity contribution is 7.99. The van der Waals surface area contributed by atoms with Crippen molar-refractivity contribution in [2.24, 2.45) is 0 Å². The van der Waals surface area contributed by atoms with Gasteiger partial charge in [0.05, 0.1) is 0 Å². The van der Waals surface area contributed by atoms with Crippen LogP contribution in [0.1, 0.15) is 16.8 Å². The summed E-state index contributed by atoms with van der Waals surface area (Å²) < 4.78 is 15.3. The van der Waals surface area contributed by atoms with Gasteiger partial charge in [-0.05, 0) is 6.07 Å². The summed E-state index contributed by atoms with van der Waals surface area (Å²) in [5, 5.41) is 12.2.